The molecule has 0 saturated carbocycles. The number of amides is 2. The molecule has 2 N–H and O–H groups in total. The van der Waals surface area contributed by atoms with Crippen molar-refractivity contribution in [3.05, 3.63) is 35.4 Å². The lowest BCUT2D eigenvalue weighted by atomic mass is 9.97. The van der Waals surface area contributed by atoms with Crippen LogP contribution in [0.1, 0.15) is 26.3 Å². The molecule has 0 aliphatic carbocycles. The summed E-state index contributed by atoms with van der Waals surface area (Å²) in [6.45, 7) is 6.71. The average Bonchev–Trinajstić information content (AvgIpc) is 2.27. The number of hydrogen-bond acceptors (Lipinski definition) is 1. The molecule has 0 unspecified atom stereocenters. The molecule has 0 atom stereocenters. The monoisotopic (exact) mass is 256 g/mol. The summed E-state index contributed by atoms with van der Waals surface area (Å²) in [5.41, 5.74) is 0.513. The Hall–Kier alpha value is -1.65. The molecule has 0 aliphatic rings. The first-order valence-corrected chi connectivity index (χ1v) is 5.73. The molecule has 2 amide bonds. The molecule has 100 valence electrons. The highest BCUT2D eigenvalue weighted by Crippen LogP contribution is 2.10. The van der Waals surface area contributed by atoms with Crippen LogP contribution >= 0.6 is 0 Å². The van der Waals surface area contributed by atoms with Crippen molar-refractivity contribution in [3.8, 4) is 0 Å². The topological polar surface area (TPSA) is 41.1 Å². The van der Waals surface area contributed by atoms with Gasteiger partial charge >= 0.3 is 6.03 Å². The molecular weight excluding hydrogens is 238 g/mol. The summed E-state index contributed by atoms with van der Waals surface area (Å²) >= 11 is 0. The number of carbonyl (C=O) groups is 1. The molecule has 0 aliphatic heterocycles. The summed E-state index contributed by atoms with van der Waals surface area (Å²) in [6.07, 6.45) is 0. The Morgan fingerprint density at radius 3 is 2.39 bits per heavy atom. The number of nitrogens with one attached hydrogen (secondary N) is 2. The first-order valence-electron chi connectivity index (χ1n) is 5.73. The van der Waals surface area contributed by atoms with Crippen molar-refractivity contribution >= 4 is 6.03 Å². The third-order valence-electron chi connectivity index (χ3n) is 2.22. The molecular formula is C13H18F2N2O. The summed E-state index contributed by atoms with van der Waals surface area (Å²) in [5.74, 6) is -1.81. The number of benzene rings is 1. The van der Waals surface area contributed by atoms with Gasteiger partial charge in [0, 0.05) is 13.1 Å². The van der Waals surface area contributed by atoms with E-state index >= 15 is 0 Å². The van der Waals surface area contributed by atoms with E-state index in [1.807, 2.05) is 20.8 Å². The SMILES string of the molecule is CC(C)(C)CNC(=O)NCc1ccc(F)c(F)c1. The maximum Gasteiger partial charge on any atom is 0.315 e. The van der Waals surface area contributed by atoms with Crippen molar-refractivity contribution in [1.82, 2.24) is 10.6 Å². The Kier molecular flexibility index (Phi) is 4.64. The van der Waals surface area contributed by atoms with Crippen LogP contribution < -0.4 is 10.6 Å². The normalized spacial score (nSPS) is 11.2. The summed E-state index contributed by atoms with van der Waals surface area (Å²) in [4.78, 5) is 11.4. The molecule has 0 spiro atoms. The van der Waals surface area contributed by atoms with Crippen LogP contribution in [0.15, 0.2) is 18.2 Å². The van der Waals surface area contributed by atoms with Crippen molar-refractivity contribution in [2.75, 3.05) is 6.54 Å². The molecule has 0 bridgehead atoms. The Bertz CT molecular complexity index is 427. The molecule has 0 radical (unpaired) electrons. The summed E-state index contributed by atoms with van der Waals surface area (Å²) in [5, 5.41) is 5.28. The quantitative estimate of drug-likeness (QED) is 0.857. The molecule has 5 heteroatoms. The molecule has 0 aromatic heterocycles. The van der Waals surface area contributed by atoms with E-state index < -0.39 is 11.6 Å². The fourth-order valence-corrected chi connectivity index (χ4v) is 1.24. The van der Waals surface area contributed by atoms with Gasteiger partial charge in [0.15, 0.2) is 11.6 Å². The molecule has 3 nitrogen and oxygen atoms in total. The first-order chi connectivity index (χ1) is 8.28. The number of urea groups is 1. The lowest BCUT2D eigenvalue weighted by Gasteiger charge is -2.18. The lowest BCUT2D eigenvalue weighted by Crippen LogP contribution is -2.39. The number of rotatable bonds is 3. The summed E-state index contributed by atoms with van der Waals surface area (Å²) < 4.78 is 25.6. The predicted molar refractivity (Wildman–Crippen MR) is 66.1 cm³/mol. The van der Waals surface area contributed by atoms with Gasteiger partial charge in [0.2, 0.25) is 0 Å². The highest BCUT2D eigenvalue weighted by molar-refractivity contribution is 5.73. The van der Waals surface area contributed by atoms with Crippen LogP contribution in [0.25, 0.3) is 0 Å². The Balaban J connectivity index is 2.40. The van der Waals surface area contributed by atoms with Crippen molar-refractivity contribution in [3.63, 3.8) is 0 Å². The van der Waals surface area contributed by atoms with E-state index in [-0.39, 0.29) is 18.0 Å². The van der Waals surface area contributed by atoms with Crippen molar-refractivity contribution < 1.29 is 13.6 Å². The molecule has 1 rings (SSSR count). The van der Waals surface area contributed by atoms with E-state index in [1.165, 1.54) is 6.07 Å². The zero-order valence-electron chi connectivity index (χ0n) is 10.8. The smallest absolute Gasteiger partial charge is 0.315 e. The van der Waals surface area contributed by atoms with Gasteiger partial charge in [-0.15, -0.1) is 0 Å². The minimum atomic E-state index is -0.913. The van der Waals surface area contributed by atoms with Crippen LogP contribution in [0, 0.1) is 17.0 Å². The van der Waals surface area contributed by atoms with Gasteiger partial charge in [-0.2, -0.15) is 0 Å². The van der Waals surface area contributed by atoms with Crippen LogP contribution in [-0.4, -0.2) is 12.6 Å². The van der Waals surface area contributed by atoms with Gasteiger partial charge < -0.3 is 10.6 Å². The second-order valence-corrected chi connectivity index (χ2v) is 5.35. The van der Waals surface area contributed by atoms with Crippen LogP contribution in [0.2, 0.25) is 0 Å². The molecule has 1 aromatic rings. The molecule has 0 saturated heterocycles. The standard InChI is InChI=1S/C13H18F2N2O/c1-13(2,3)8-17-12(18)16-7-9-4-5-10(14)11(15)6-9/h4-6H,7-8H2,1-3H3,(H2,16,17,18). The van der Waals surface area contributed by atoms with E-state index in [9.17, 15) is 13.6 Å². The van der Waals surface area contributed by atoms with E-state index in [0.29, 0.717) is 12.1 Å². The molecule has 1 aromatic carbocycles. The van der Waals surface area contributed by atoms with Gasteiger partial charge in [0.05, 0.1) is 0 Å². The van der Waals surface area contributed by atoms with Crippen molar-refractivity contribution in [2.24, 2.45) is 5.41 Å². The maximum absolute atomic E-state index is 12.9. The Labute approximate surface area is 106 Å². The zero-order valence-corrected chi connectivity index (χ0v) is 10.8. The Morgan fingerprint density at radius 2 is 1.83 bits per heavy atom. The molecule has 0 fully saturated rings. The van der Waals surface area contributed by atoms with Crippen molar-refractivity contribution in [2.45, 2.75) is 27.3 Å². The lowest BCUT2D eigenvalue weighted by molar-refractivity contribution is 0.235. The zero-order chi connectivity index (χ0) is 13.8. The van der Waals surface area contributed by atoms with E-state index in [1.54, 1.807) is 0 Å². The highest BCUT2D eigenvalue weighted by Gasteiger charge is 2.11. The fourth-order valence-electron chi connectivity index (χ4n) is 1.24. The summed E-state index contributed by atoms with van der Waals surface area (Å²) in [7, 11) is 0. The first kappa shape index (κ1) is 14.4. The van der Waals surface area contributed by atoms with E-state index in [4.69, 9.17) is 0 Å². The van der Waals surface area contributed by atoms with Crippen LogP contribution in [0.3, 0.4) is 0 Å². The van der Waals surface area contributed by atoms with Gasteiger partial charge in [-0.1, -0.05) is 26.8 Å². The largest absolute Gasteiger partial charge is 0.338 e. The average molecular weight is 256 g/mol. The maximum atomic E-state index is 12.9. The van der Waals surface area contributed by atoms with Crippen LogP contribution in [0.4, 0.5) is 13.6 Å². The summed E-state index contributed by atoms with van der Waals surface area (Å²) in [6, 6.07) is 3.22. The fraction of sp³-hybridized carbons (Fsp3) is 0.462. The Morgan fingerprint density at radius 1 is 1.17 bits per heavy atom. The molecule has 0 heterocycles. The van der Waals surface area contributed by atoms with Gasteiger partial charge in [0.25, 0.3) is 0 Å². The second kappa shape index (κ2) is 5.80. The van der Waals surface area contributed by atoms with Crippen LogP contribution in [0.5, 0.6) is 0 Å². The number of carbonyl (C=O) groups excluding carboxylic acids is 1. The van der Waals surface area contributed by atoms with Gasteiger partial charge in [0.1, 0.15) is 0 Å². The van der Waals surface area contributed by atoms with E-state index in [2.05, 4.69) is 10.6 Å². The molecule has 18 heavy (non-hydrogen) atoms. The van der Waals surface area contributed by atoms with Gasteiger partial charge in [-0.05, 0) is 23.1 Å². The third kappa shape index (κ3) is 5.12. The predicted octanol–water partition coefficient (Wildman–Crippen LogP) is 2.81. The van der Waals surface area contributed by atoms with Gasteiger partial charge in [-0.25, -0.2) is 13.6 Å². The van der Waals surface area contributed by atoms with Crippen LogP contribution in [-0.2, 0) is 6.54 Å². The van der Waals surface area contributed by atoms with E-state index in [0.717, 1.165) is 12.1 Å². The highest BCUT2D eigenvalue weighted by atomic mass is 19.2. The minimum Gasteiger partial charge on any atom is -0.338 e. The van der Waals surface area contributed by atoms with Crippen molar-refractivity contribution in [1.29, 1.82) is 0 Å². The second-order valence-electron chi connectivity index (χ2n) is 5.35. The number of halogens is 2. The number of hydrogen-bond donors (Lipinski definition) is 2. The van der Waals surface area contributed by atoms with Gasteiger partial charge in [-0.3, -0.25) is 0 Å². The third-order valence-corrected chi connectivity index (χ3v) is 2.22. The minimum absolute atomic E-state index is 0.000671.